The lowest BCUT2D eigenvalue weighted by Crippen LogP contribution is -2.23. The highest BCUT2D eigenvalue weighted by atomic mass is 15.1. The number of benzene rings is 2. The van der Waals surface area contributed by atoms with E-state index in [0.717, 1.165) is 12.5 Å². The van der Waals surface area contributed by atoms with Crippen molar-refractivity contribution >= 4 is 17.8 Å². The largest absolute Gasteiger partial charge is 0.341 e. The molecule has 0 aliphatic carbocycles. The van der Waals surface area contributed by atoms with Gasteiger partial charge in [-0.3, -0.25) is 0 Å². The summed E-state index contributed by atoms with van der Waals surface area (Å²) in [5, 5.41) is 0. The van der Waals surface area contributed by atoms with Gasteiger partial charge in [0.05, 0.1) is 0 Å². The van der Waals surface area contributed by atoms with Gasteiger partial charge in [-0.25, -0.2) is 0 Å². The molecule has 24 heavy (non-hydrogen) atoms. The fourth-order valence-corrected chi connectivity index (χ4v) is 3.22. The third-order valence-corrected chi connectivity index (χ3v) is 4.86. The number of fused-ring (bicyclic) bond motifs is 1. The summed E-state index contributed by atoms with van der Waals surface area (Å²) in [5.41, 5.74) is 6.54. The fourth-order valence-electron chi connectivity index (χ4n) is 3.22. The van der Waals surface area contributed by atoms with Crippen molar-refractivity contribution in [1.29, 1.82) is 0 Å². The van der Waals surface area contributed by atoms with Crippen molar-refractivity contribution in [2.75, 3.05) is 11.4 Å². The maximum atomic E-state index is 2.38. The van der Waals surface area contributed by atoms with E-state index in [-0.39, 0.29) is 0 Å². The Kier molecular flexibility index (Phi) is 5.20. The van der Waals surface area contributed by atoms with Crippen LogP contribution in [0.4, 0.5) is 5.69 Å². The van der Waals surface area contributed by atoms with Crippen LogP contribution in [-0.4, -0.2) is 6.54 Å². The Balaban J connectivity index is 1.83. The van der Waals surface area contributed by atoms with Crippen molar-refractivity contribution in [3.8, 4) is 0 Å². The van der Waals surface area contributed by atoms with Crippen LogP contribution in [0.5, 0.6) is 0 Å². The molecule has 0 fully saturated rings. The minimum atomic E-state index is 0.752. The second-order valence-corrected chi connectivity index (χ2v) is 6.66. The van der Waals surface area contributed by atoms with Crippen molar-refractivity contribution in [3.63, 3.8) is 0 Å². The molecular formula is C23H27N. The smallest absolute Gasteiger partial charge is 0.0484 e. The number of hydrogen-bond donors (Lipinski definition) is 0. The highest BCUT2D eigenvalue weighted by Crippen LogP contribution is 2.31. The van der Waals surface area contributed by atoms with Crippen LogP contribution in [0.1, 0.15) is 43.9 Å². The average Bonchev–Trinajstić information content (AvgIpc) is 2.63. The van der Waals surface area contributed by atoms with E-state index in [4.69, 9.17) is 0 Å². The normalized spacial score (nSPS) is 16.3. The van der Waals surface area contributed by atoms with Crippen LogP contribution in [0.3, 0.4) is 0 Å². The summed E-state index contributed by atoms with van der Waals surface area (Å²) in [7, 11) is 0. The second kappa shape index (κ2) is 7.53. The molecule has 0 saturated carbocycles. The quantitative estimate of drug-likeness (QED) is 0.637. The zero-order valence-corrected chi connectivity index (χ0v) is 15.0. The molecule has 1 unspecified atom stereocenters. The lowest BCUT2D eigenvalue weighted by atomic mass is 9.98. The molecule has 1 heterocycles. The highest BCUT2D eigenvalue weighted by molar-refractivity contribution is 5.79. The van der Waals surface area contributed by atoms with Gasteiger partial charge in [-0.2, -0.15) is 0 Å². The van der Waals surface area contributed by atoms with Crippen LogP contribution >= 0.6 is 0 Å². The third-order valence-electron chi connectivity index (χ3n) is 4.86. The van der Waals surface area contributed by atoms with E-state index >= 15 is 0 Å². The van der Waals surface area contributed by atoms with Crippen molar-refractivity contribution in [2.45, 2.75) is 33.6 Å². The van der Waals surface area contributed by atoms with Gasteiger partial charge >= 0.3 is 0 Å². The monoisotopic (exact) mass is 317 g/mol. The molecule has 2 aromatic rings. The van der Waals surface area contributed by atoms with Crippen LogP contribution in [-0.2, 0) is 6.42 Å². The molecule has 0 spiro atoms. The Morgan fingerprint density at radius 3 is 2.42 bits per heavy atom. The Morgan fingerprint density at radius 2 is 1.71 bits per heavy atom. The Bertz CT molecular complexity index is 737. The van der Waals surface area contributed by atoms with Crippen LogP contribution in [0, 0.1) is 5.92 Å². The van der Waals surface area contributed by atoms with E-state index in [2.05, 4.69) is 92.4 Å². The number of hydrogen-bond acceptors (Lipinski definition) is 1. The summed E-state index contributed by atoms with van der Waals surface area (Å²) in [6, 6.07) is 17.6. The molecule has 1 nitrogen and oxygen atoms in total. The SMILES string of the molecule is CCC(C)Cc1ccc(/C=C2/C=Cc3ccccc3N2CC)cc1. The molecule has 0 saturated heterocycles. The lowest BCUT2D eigenvalue weighted by molar-refractivity contribution is 0.560. The molecule has 1 atom stereocenters. The molecular weight excluding hydrogens is 290 g/mol. The van der Waals surface area contributed by atoms with Gasteiger partial charge in [-0.05, 0) is 54.2 Å². The van der Waals surface area contributed by atoms with Crippen molar-refractivity contribution in [2.24, 2.45) is 5.92 Å². The standard InChI is InChI=1S/C23H27N/c1-4-18(3)16-19-10-12-20(13-11-19)17-22-15-14-21-8-6-7-9-23(21)24(22)5-2/h6-15,17-18H,4-5,16H2,1-3H3/b22-17-. The topological polar surface area (TPSA) is 3.24 Å². The van der Waals surface area contributed by atoms with Gasteiger partial charge in [-0.1, -0.05) is 68.8 Å². The maximum absolute atomic E-state index is 2.38. The predicted molar refractivity (Wildman–Crippen MR) is 106 cm³/mol. The van der Waals surface area contributed by atoms with E-state index in [1.807, 2.05) is 0 Å². The first kappa shape index (κ1) is 16.6. The van der Waals surface area contributed by atoms with Crippen molar-refractivity contribution < 1.29 is 0 Å². The van der Waals surface area contributed by atoms with E-state index in [0.29, 0.717) is 0 Å². The predicted octanol–water partition coefficient (Wildman–Crippen LogP) is 6.17. The van der Waals surface area contributed by atoms with Crippen LogP contribution < -0.4 is 4.90 Å². The molecule has 0 amide bonds. The molecule has 0 bridgehead atoms. The third kappa shape index (κ3) is 3.62. The van der Waals surface area contributed by atoms with Gasteiger partial charge in [0.2, 0.25) is 0 Å². The Morgan fingerprint density at radius 1 is 0.958 bits per heavy atom. The average molecular weight is 317 g/mol. The zero-order valence-electron chi connectivity index (χ0n) is 15.0. The second-order valence-electron chi connectivity index (χ2n) is 6.66. The van der Waals surface area contributed by atoms with Gasteiger partial charge in [0.15, 0.2) is 0 Å². The van der Waals surface area contributed by atoms with Crippen LogP contribution in [0.15, 0.2) is 60.3 Å². The molecule has 0 N–H and O–H groups in total. The van der Waals surface area contributed by atoms with E-state index < -0.39 is 0 Å². The molecule has 3 rings (SSSR count). The van der Waals surface area contributed by atoms with Gasteiger partial charge in [0.25, 0.3) is 0 Å². The number of allylic oxidation sites excluding steroid dienone is 1. The van der Waals surface area contributed by atoms with E-state index in [1.165, 1.54) is 40.9 Å². The van der Waals surface area contributed by atoms with E-state index in [9.17, 15) is 0 Å². The maximum Gasteiger partial charge on any atom is 0.0484 e. The van der Waals surface area contributed by atoms with Crippen LogP contribution in [0.2, 0.25) is 0 Å². The molecule has 1 heteroatoms. The van der Waals surface area contributed by atoms with Gasteiger partial charge in [-0.15, -0.1) is 0 Å². The summed E-state index contributed by atoms with van der Waals surface area (Å²) in [5.74, 6) is 0.752. The Hall–Kier alpha value is -2.28. The fraction of sp³-hybridized carbons (Fsp3) is 0.304. The van der Waals surface area contributed by atoms with Gasteiger partial charge in [0, 0.05) is 17.9 Å². The summed E-state index contributed by atoms with van der Waals surface area (Å²) in [6.07, 6.45) is 9.12. The summed E-state index contributed by atoms with van der Waals surface area (Å²) in [4.78, 5) is 2.38. The molecule has 1 aliphatic heterocycles. The molecule has 0 aromatic heterocycles. The van der Waals surface area contributed by atoms with Crippen LogP contribution in [0.25, 0.3) is 12.2 Å². The first-order valence-electron chi connectivity index (χ1n) is 9.06. The molecule has 2 aromatic carbocycles. The summed E-state index contributed by atoms with van der Waals surface area (Å²) in [6.45, 7) is 7.76. The Labute approximate surface area is 146 Å². The van der Waals surface area contributed by atoms with Gasteiger partial charge in [0.1, 0.15) is 0 Å². The molecule has 1 aliphatic rings. The number of nitrogens with zero attached hydrogens (tertiary/aromatic N) is 1. The summed E-state index contributed by atoms with van der Waals surface area (Å²) < 4.78 is 0. The minimum Gasteiger partial charge on any atom is -0.341 e. The first-order valence-corrected chi connectivity index (χ1v) is 9.06. The van der Waals surface area contributed by atoms with Gasteiger partial charge < -0.3 is 4.90 Å². The first-order chi connectivity index (χ1) is 11.7. The molecule has 124 valence electrons. The number of likely N-dealkylation sites (N-methyl/N-ethyl adjacent to an activating group) is 1. The van der Waals surface area contributed by atoms with Crippen molar-refractivity contribution in [1.82, 2.24) is 0 Å². The molecule has 0 radical (unpaired) electrons. The number of para-hydroxylation sites is 1. The zero-order chi connectivity index (χ0) is 16.9. The van der Waals surface area contributed by atoms with E-state index in [1.54, 1.807) is 0 Å². The lowest BCUT2D eigenvalue weighted by Gasteiger charge is -2.29. The summed E-state index contributed by atoms with van der Waals surface area (Å²) >= 11 is 0. The minimum absolute atomic E-state index is 0.752. The highest BCUT2D eigenvalue weighted by Gasteiger charge is 2.15. The van der Waals surface area contributed by atoms with Crippen molar-refractivity contribution in [3.05, 3.63) is 77.0 Å². The number of anilines is 1. The number of rotatable bonds is 5.